The second-order valence-electron chi connectivity index (χ2n) is 5.92. The average Bonchev–Trinajstić information content (AvgIpc) is 2.79. The summed E-state index contributed by atoms with van der Waals surface area (Å²) in [6.45, 7) is 19.6. The van der Waals surface area contributed by atoms with Crippen molar-refractivity contribution in [1.29, 1.82) is 0 Å². The molecule has 2 aromatic rings. The Kier molecular flexibility index (Phi) is 5.15. The van der Waals surface area contributed by atoms with Gasteiger partial charge < -0.3 is 9.30 Å². The van der Waals surface area contributed by atoms with E-state index in [1.165, 1.54) is 22.5 Å². The first kappa shape index (κ1) is 17.1. The molecule has 0 atom stereocenters. The third kappa shape index (κ3) is 3.12. The van der Waals surface area contributed by atoms with Crippen LogP contribution < -0.4 is 4.74 Å². The third-order valence-corrected chi connectivity index (χ3v) is 4.26. The first-order valence-corrected chi connectivity index (χ1v) is 8.21. The van der Waals surface area contributed by atoms with Crippen molar-refractivity contribution in [1.82, 2.24) is 4.57 Å². The highest BCUT2D eigenvalue weighted by Crippen LogP contribution is 2.35. The van der Waals surface area contributed by atoms with Gasteiger partial charge in [-0.1, -0.05) is 20.1 Å². The predicted molar refractivity (Wildman–Crippen MR) is 100 cm³/mol. The third-order valence-electron chi connectivity index (χ3n) is 4.26. The second-order valence-corrected chi connectivity index (χ2v) is 5.92. The lowest BCUT2D eigenvalue weighted by Gasteiger charge is -2.11. The lowest BCUT2D eigenvalue weighted by atomic mass is 9.96. The van der Waals surface area contributed by atoms with E-state index in [2.05, 4.69) is 57.6 Å². The molecule has 23 heavy (non-hydrogen) atoms. The van der Waals surface area contributed by atoms with Crippen molar-refractivity contribution in [3.8, 4) is 11.4 Å². The summed E-state index contributed by atoms with van der Waals surface area (Å²) < 4.78 is 7.83. The van der Waals surface area contributed by atoms with Crippen molar-refractivity contribution in [3.05, 3.63) is 59.9 Å². The number of nitrogens with zero attached hydrogens (tertiary/aromatic N) is 1. The average molecular weight is 309 g/mol. The van der Waals surface area contributed by atoms with Gasteiger partial charge in [-0.25, -0.2) is 0 Å². The van der Waals surface area contributed by atoms with Gasteiger partial charge in [-0.3, -0.25) is 0 Å². The van der Waals surface area contributed by atoms with Crippen LogP contribution in [0, 0.1) is 13.8 Å². The van der Waals surface area contributed by atoms with Gasteiger partial charge in [0.15, 0.2) is 0 Å². The van der Waals surface area contributed by atoms with Gasteiger partial charge in [0, 0.05) is 28.2 Å². The van der Waals surface area contributed by atoms with Crippen LogP contribution in [0.2, 0.25) is 0 Å². The highest BCUT2D eigenvalue weighted by atomic mass is 16.5. The van der Waals surface area contributed by atoms with Gasteiger partial charge >= 0.3 is 0 Å². The Morgan fingerprint density at radius 3 is 2.04 bits per heavy atom. The molecule has 2 heteroatoms. The maximum atomic E-state index is 5.54. The molecule has 0 aliphatic heterocycles. The lowest BCUT2D eigenvalue weighted by molar-refractivity contribution is 0.340. The van der Waals surface area contributed by atoms with Crippen molar-refractivity contribution in [3.63, 3.8) is 0 Å². The Labute approximate surface area is 140 Å². The summed E-state index contributed by atoms with van der Waals surface area (Å²) in [7, 11) is 0. The molecule has 0 aliphatic rings. The van der Waals surface area contributed by atoms with E-state index in [0.717, 1.165) is 29.0 Å². The quantitative estimate of drug-likeness (QED) is 0.643. The zero-order valence-electron chi connectivity index (χ0n) is 15.0. The molecule has 1 aromatic heterocycles. The Morgan fingerprint density at radius 2 is 1.57 bits per heavy atom. The molecular formula is C21H27NO. The van der Waals surface area contributed by atoms with E-state index in [1.54, 1.807) is 0 Å². The van der Waals surface area contributed by atoms with Crippen LogP contribution in [0.5, 0.6) is 5.75 Å². The Morgan fingerprint density at radius 1 is 1.00 bits per heavy atom. The minimum atomic E-state index is 0.682. The number of hydrogen-bond acceptors (Lipinski definition) is 1. The van der Waals surface area contributed by atoms with E-state index in [9.17, 15) is 0 Å². The van der Waals surface area contributed by atoms with Crippen LogP contribution in [-0.2, 0) is 0 Å². The molecule has 0 unspecified atom stereocenters. The fraction of sp³-hybridized carbons (Fsp3) is 0.333. The number of ether oxygens (including phenoxy) is 1. The standard InChI is InChI=1S/C21H27NO/c1-8-15(5)21-17(7)22(16(6)20(21)14(3)4)18-10-12-19(13-11-18)23-9-2/h10-13H,3,5,8-9H2,1-2,4,6-7H3. The Hall–Kier alpha value is -2.22. The fourth-order valence-corrected chi connectivity index (χ4v) is 3.21. The van der Waals surface area contributed by atoms with Crippen LogP contribution >= 0.6 is 0 Å². The first-order valence-electron chi connectivity index (χ1n) is 8.21. The molecule has 0 saturated carbocycles. The molecule has 0 spiro atoms. The van der Waals surface area contributed by atoms with Gasteiger partial charge in [-0.15, -0.1) is 0 Å². The monoisotopic (exact) mass is 309 g/mol. The number of hydrogen-bond donors (Lipinski definition) is 0. The second kappa shape index (κ2) is 6.91. The van der Waals surface area contributed by atoms with Crippen LogP contribution in [0.4, 0.5) is 0 Å². The predicted octanol–water partition coefficient (Wildman–Crippen LogP) is 5.95. The summed E-state index contributed by atoms with van der Waals surface area (Å²) in [6.07, 6.45) is 0.938. The first-order chi connectivity index (χ1) is 10.9. The molecule has 0 radical (unpaired) electrons. The summed E-state index contributed by atoms with van der Waals surface area (Å²) in [6, 6.07) is 8.25. The molecule has 1 heterocycles. The smallest absolute Gasteiger partial charge is 0.119 e. The fourth-order valence-electron chi connectivity index (χ4n) is 3.21. The van der Waals surface area contributed by atoms with E-state index in [-0.39, 0.29) is 0 Å². The number of benzene rings is 1. The van der Waals surface area contributed by atoms with E-state index in [1.807, 2.05) is 19.1 Å². The summed E-state index contributed by atoms with van der Waals surface area (Å²) in [5.41, 5.74) is 8.28. The summed E-state index contributed by atoms with van der Waals surface area (Å²) in [4.78, 5) is 0. The van der Waals surface area contributed by atoms with Gasteiger partial charge in [0.25, 0.3) is 0 Å². The Balaban J connectivity index is 2.63. The number of aromatic nitrogens is 1. The maximum absolute atomic E-state index is 5.54. The number of rotatable bonds is 6. The molecule has 122 valence electrons. The van der Waals surface area contributed by atoms with E-state index in [0.29, 0.717) is 6.61 Å². The van der Waals surface area contributed by atoms with Crippen molar-refractivity contribution < 1.29 is 4.74 Å². The topological polar surface area (TPSA) is 14.2 Å². The molecular weight excluding hydrogens is 282 g/mol. The SMILES string of the molecule is C=C(C)c1c(C(=C)CC)c(C)n(-c2ccc(OCC)cc2)c1C. The van der Waals surface area contributed by atoms with Crippen molar-refractivity contribution in [2.24, 2.45) is 0 Å². The minimum Gasteiger partial charge on any atom is -0.494 e. The van der Waals surface area contributed by atoms with Crippen molar-refractivity contribution in [2.45, 2.75) is 41.0 Å². The summed E-state index contributed by atoms with van der Waals surface area (Å²) in [5, 5.41) is 0. The molecule has 2 nitrogen and oxygen atoms in total. The van der Waals surface area contributed by atoms with Crippen molar-refractivity contribution in [2.75, 3.05) is 6.61 Å². The summed E-state index contributed by atoms with van der Waals surface area (Å²) >= 11 is 0. The molecule has 0 N–H and O–H groups in total. The van der Waals surface area contributed by atoms with Gasteiger partial charge in [-0.05, 0) is 69.5 Å². The molecule has 0 bridgehead atoms. The van der Waals surface area contributed by atoms with Gasteiger partial charge in [0.1, 0.15) is 5.75 Å². The zero-order valence-corrected chi connectivity index (χ0v) is 15.0. The van der Waals surface area contributed by atoms with Gasteiger partial charge in [-0.2, -0.15) is 0 Å². The molecule has 0 aliphatic carbocycles. The summed E-state index contributed by atoms with van der Waals surface area (Å²) in [5.74, 6) is 0.900. The van der Waals surface area contributed by atoms with E-state index >= 15 is 0 Å². The van der Waals surface area contributed by atoms with E-state index < -0.39 is 0 Å². The molecule has 0 fully saturated rings. The maximum Gasteiger partial charge on any atom is 0.119 e. The van der Waals surface area contributed by atoms with Crippen LogP contribution in [0.25, 0.3) is 16.8 Å². The van der Waals surface area contributed by atoms with Crippen LogP contribution in [-0.4, -0.2) is 11.2 Å². The van der Waals surface area contributed by atoms with Crippen LogP contribution in [0.15, 0.2) is 37.4 Å². The highest BCUT2D eigenvalue weighted by Gasteiger charge is 2.20. The van der Waals surface area contributed by atoms with Gasteiger partial charge in [0.2, 0.25) is 0 Å². The highest BCUT2D eigenvalue weighted by molar-refractivity contribution is 5.81. The zero-order chi connectivity index (χ0) is 17.1. The molecule has 1 aromatic carbocycles. The van der Waals surface area contributed by atoms with Crippen LogP contribution in [0.3, 0.4) is 0 Å². The van der Waals surface area contributed by atoms with E-state index in [4.69, 9.17) is 4.74 Å². The molecule has 0 saturated heterocycles. The molecule has 2 rings (SSSR count). The normalized spacial score (nSPS) is 10.7. The Bertz CT molecular complexity index is 732. The lowest BCUT2D eigenvalue weighted by Crippen LogP contribution is -2.00. The van der Waals surface area contributed by atoms with Gasteiger partial charge in [0.05, 0.1) is 6.61 Å². The van der Waals surface area contributed by atoms with Crippen LogP contribution in [0.1, 0.15) is 49.7 Å². The largest absolute Gasteiger partial charge is 0.494 e. The minimum absolute atomic E-state index is 0.682. The number of allylic oxidation sites excluding steroid dienone is 2. The molecule has 0 amide bonds. The van der Waals surface area contributed by atoms with Crippen molar-refractivity contribution >= 4 is 11.1 Å².